The zero-order valence-electron chi connectivity index (χ0n) is 27.4. The molecule has 0 radical (unpaired) electrons. The number of amides is 1. The molecular formula is C36H56N2O6. The van der Waals surface area contributed by atoms with Gasteiger partial charge in [-0.15, -0.1) is 0 Å². The number of nitrogens with zero attached hydrogens (tertiary/aromatic N) is 1. The van der Waals surface area contributed by atoms with Crippen molar-refractivity contribution in [3.8, 4) is 0 Å². The van der Waals surface area contributed by atoms with Gasteiger partial charge in [0.2, 0.25) is 5.91 Å². The predicted octanol–water partition coefficient (Wildman–Crippen LogP) is 5.24. The van der Waals surface area contributed by atoms with Gasteiger partial charge in [-0.2, -0.15) is 0 Å². The van der Waals surface area contributed by atoms with Crippen LogP contribution in [0, 0.1) is 51.2 Å². The van der Waals surface area contributed by atoms with E-state index in [1.165, 1.54) is 64.2 Å². The molecule has 11 atom stereocenters. The first-order valence-electron chi connectivity index (χ1n) is 18.2. The molecule has 6 saturated carbocycles. The molecule has 2 saturated heterocycles. The van der Waals surface area contributed by atoms with E-state index in [2.05, 4.69) is 26.1 Å². The first-order chi connectivity index (χ1) is 21.1. The van der Waals surface area contributed by atoms with Gasteiger partial charge in [0.25, 0.3) is 0 Å². The molecule has 2 spiro atoms. The van der Waals surface area contributed by atoms with Gasteiger partial charge in [0.05, 0.1) is 38.0 Å². The fourth-order valence-corrected chi connectivity index (χ4v) is 12.8. The fourth-order valence-electron chi connectivity index (χ4n) is 12.8. The Bertz CT molecular complexity index is 1160. The second-order valence-corrected chi connectivity index (χ2v) is 17.4. The number of carboxylic acid groups (broad SMARTS) is 1. The van der Waals surface area contributed by atoms with Gasteiger partial charge in [0.15, 0.2) is 6.29 Å². The smallest absolute Gasteiger partial charge is 0.317 e. The van der Waals surface area contributed by atoms with Crippen molar-refractivity contribution in [2.24, 2.45) is 51.2 Å². The summed E-state index contributed by atoms with van der Waals surface area (Å²) >= 11 is 0. The molecule has 0 aromatic carbocycles. The predicted molar refractivity (Wildman–Crippen MR) is 165 cm³/mol. The largest absolute Gasteiger partial charge is 0.480 e. The number of carbonyl (C=O) groups excluding carboxylic acids is 1. The third kappa shape index (κ3) is 4.65. The molecule has 8 fully saturated rings. The summed E-state index contributed by atoms with van der Waals surface area (Å²) in [5, 5.41) is 12.1. The van der Waals surface area contributed by atoms with Crippen molar-refractivity contribution >= 4 is 11.9 Å². The minimum absolute atomic E-state index is 0.0105. The van der Waals surface area contributed by atoms with Crippen molar-refractivity contribution in [2.75, 3.05) is 32.8 Å². The molecule has 6 aliphatic carbocycles. The van der Waals surface area contributed by atoms with E-state index in [0.29, 0.717) is 72.8 Å². The number of fused-ring (bicyclic) bond motifs is 4. The Morgan fingerprint density at radius 2 is 1.77 bits per heavy atom. The van der Waals surface area contributed by atoms with Gasteiger partial charge in [-0.3, -0.25) is 9.59 Å². The highest BCUT2D eigenvalue weighted by atomic mass is 16.7. The number of carboxylic acids is 1. The van der Waals surface area contributed by atoms with Gasteiger partial charge in [0, 0.05) is 19.5 Å². The Balaban J connectivity index is 0.930. The summed E-state index contributed by atoms with van der Waals surface area (Å²) < 4.78 is 19.7. The number of nitrogens with one attached hydrogen (secondary N) is 1. The molecule has 8 rings (SSSR count). The Kier molecular flexibility index (Phi) is 7.29. The van der Waals surface area contributed by atoms with Crippen LogP contribution in [0.5, 0.6) is 0 Å². The number of rotatable bonds is 8. The van der Waals surface area contributed by atoms with Crippen molar-refractivity contribution in [1.29, 1.82) is 0 Å². The van der Waals surface area contributed by atoms with E-state index >= 15 is 0 Å². The van der Waals surface area contributed by atoms with Gasteiger partial charge in [-0.1, -0.05) is 20.8 Å². The van der Waals surface area contributed by atoms with Gasteiger partial charge >= 0.3 is 5.97 Å². The highest BCUT2D eigenvalue weighted by Gasteiger charge is 2.80. The van der Waals surface area contributed by atoms with Crippen LogP contribution >= 0.6 is 0 Å². The first-order valence-corrected chi connectivity index (χ1v) is 18.2. The van der Waals surface area contributed by atoms with Crippen molar-refractivity contribution in [2.45, 2.75) is 129 Å². The molecule has 2 N–H and O–H groups in total. The van der Waals surface area contributed by atoms with Crippen molar-refractivity contribution in [3.05, 3.63) is 0 Å². The molecule has 8 aliphatic rings. The van der Waals surface area contributed by atoms with Crippen LogP contribution in [0.25, 0.3) is 0 Å². The Morgan fingerprint density at radius 1 is 0.955 bits per heavy atom. The van der Waals surface area contributed by atoms with E-state index in [-0.39, 0.29) is 36.4 Å². The second-order valence-electron chi connectivity index (χ2n) is 17.4. The van der Waals surface area contributed by atoms with Crippen molar-refractivity contribution in [1.82, 2.24) is 10.2 Å². The van der Waals surface area contributed by atoms with E-state index in [0.717, 1.165) is 24.7 Å². The first kappa shape index (κ1) is 30.1. The molecular weight excluding hydrogens is 556 g/mol. The molecule has 2 heterocycles. The van der Waals surface area contributed by atoms with Crippen LogP contribution in [0.15, 0.2) is 0 Å². The molecule has 1 amide bonds. The number of carbonyl (C=O) groups is 2. The average Bonchev–Trinajstić information content (AvgIpc) is 3.90. The topological polar surface area (TPSA) is 97.3 Å². The molecule has 2 aliphatic heterocycles. The molecule has 8 heteroatoms. The Labute approximate surface area is 263 Å². The average molecular weight is 613 g/mol. The van der Waals surface area contributed by atoms with E-state index in [1.807, 2.05) is 4.90 Å². The molecule has 246 valence electrons. The van der Waals surface area contributed by atoms with Crippen LogP contribution in [-0.2, 0) is 23.8 Å². The minimum Gasteiger partial charge on any atom is -0.480 e. The standard InChI is InChI=1S/C36H56N2O6/c1-33(2)28-9-8-24-26-17-27-25(7-6-23(43-27)18-37-19-31(40)41)34(26,3)12-13-35(24)21-36(28,35)11-10-29(33)44-32-20-38(14-15-42-32)30(39)16-22-4-5-22/h22-29,32,37H,4-21H2,1-3H3,(H,40,41)/t23?,24?,25?,26?,27?,28?,29-,32?,34+,35-,36?/m0/s1. The van der Waals surface area contributed by atoms with Crippen molar-refractivity contribution < 1.29 is 28.9 Å². The summed E-state index contributed by atoms with van der Waals surface area (Å²) in [6.45, 7) is 10.1. The van der Waals surface area contributed by atoms with Gasteiger partial charge in [-0.05, 0) is 128 Å². The number of hydrogen-bond acceptors (Lipinski definition) is 6. The zero-order valence-corrected chi connectivity index (χ0v) is 27.4. The minimum atomic E-state index is -0.800. The maximum absolute atomic E-state index is 12.8. The lowest BCUT2D eigenvalue weighted by atomic mass is 9.46. The number of ether oxygens (including phenoxy) is 3. The monoisotopic (exact) mass is 612 g/mol. The van der Waals surface area contributed by atoms with E-state index in [1.54, 1.807) is 0 Å². The highest BCUT2D eigenvalue weighted by molar-refractivity contribution is 5.76. The quantitative estimate of drug-likeness (QED) is 0.387. The molecule has 8 unspecified atom stereocenters. The number of hydrogen-bond donors (Lipinski definition) is 2. The summed E-state index contributed by atoms with van der Waals surface area (Å²) in [6, 6.07) is 0. The molecule has 44 heavy (non-hydrogen) atoms. The highest BCUT2D eigenvalue weighted by Crippen LogP contribution is 2.87. The van der Waals surface area contributed by atoms with Crippen molar-refractivity contribution in [3.63, 3.8) is 0 Å². The Morgan fingerprint density at radius 3 is 2.57 bits per heavy atom. The lowest BCUT2D eigenvalue weighted by molar-refractivity contribution is -0.244. The third-order valence-corrected chi connectivity index (χ3v) is 15.1. The van der Waals surface area contributed by atoms with E-state index < -0.39 is 5.97 Å². The van der Waals surface area contributed by atoms with Crippen LogP contribution in [0.3, 0.4) is 0 Å². The maximum atomic E-state index is 12.8. The third-order valence-electron chi connectivity index (χ3n) is 15.1. The summed E-state index contributed by atoms with van der Waals surface area (Å²) in [5.41, 5.74) is 1.46. The zero-order chi connectivity index (χ0) is 30.5. The second kappa shape index (κ2) is 10.6. The van der Waals surface area contributed by atoms with Crippen LogP contribution in [0.4, 0.5) is 0 Å². The van der Waals surface area contributed by atoms with Crippen LogP contribution in [0.1, 0.15) is 104 Å². The molecule has 8 nitrogen and oxygen atoms in total. The normalized spacial score (nSPS) is 48.8. The Hall–Kier alpha value is -1.22. The van der Waals surface area contributed by atoms with E-state index in [4.69, 9.17) is 19.3 Å². The maximum Gasteiger partial charge on any atom is 0.317 e. The van der Waals surface area contributed by atoms with Gasteiger partial charge in [-0.25, -0.2) is 0 Å². The number of morpholine rings is 1. The van der Waals surface area contributed by atoms with Crippen LogP contribution < -0.4 is 5.32 Å². The lowest BCUT2D eigenvalue weighted by Crippen LogP contribution is -2.56. The molecule has 0 aromatic rings. The summed E-state index contributed by atoms with van der Waals surface area (Å²) in [6.07, 6.45) is 16.1. The molecule has 0 aromatic heterocycles. The molecule has 0 bridgehead atoms. The fraction of sp³-hybridized carbons (Fsp3) is 0.944. The SMILES string of the molecule is CC1(C)C2CCC3C4CC5OC(CNCC(=O)O)CCC5[C@@]4(C)CC[C@]34CC24CC[C@@H]1OC1CN(C(=O)CC2CC2)CCO1. The van der Waals surface area contributed by atoms with E-state index in [9.17, 15) is 9.59 Å². The van der Waals surface area contributed by atoms with Crippen LogP contribution in [0.2, 0.25) is 0 Å². The number of aliphatic carboxylic acids is 1. The summed E-state index contributed by atoms with van der Waals surface area (Å²) in [4.78, 5) is 25.8. The lowest BCUT2D eigenvalue weighted by Gasteiger charge is -2.60. The van der Waals surface area contributed by atoms with Gasteiger partial charge in [0.1, 0.15) is 0 Å². The summed E-state index contributed by atoms with van der Waals surface area (Å²) in [5.74, 6) is 3.01. The van der Waals surface area contributed by atoms with Gasteiger partial charge < -0.3 is 29.5 Å². The van der Waals surface area contributed by atoms with Crippen LogP contribution in [-0.4, -0.2) is 79.3 Å². The summed E-state index contributed by atoms with van der Waals surface area (Å²) in [7, 11) is 0.